The van der Waals surface area contributed by atoms with Gasteiger partial charge in [0, 0.05) is 12.1 Å². The summed E-state index contributed by atoms with van der Waals surface area (Å²) in [5.41, 5.74) is 5.95. The molecule has 102 valence electrons. The van der Waals surface area contributed by atoms with Crippen molar-refractivity contribution in [2.45, 2.75) is 45.0 Å². The fourth-order valence-corrected chi connectivity index (χ4v) is 2.64. The summed E-state index contributed by atoms with van der Waals surface area (Å²) < 4.78 is 5.59. The van der Waals surface area contributed by atoms with Gasteiger partial charge in [-0.05, 0) is 39.8 Å². The standard InChI is InChI=1S/C13H22N2O2S/c1-8(2)15-12(16)7-18-13(10(4)14)11-6-5-9(3)17-11/h5-6,8,10,13H,7,14H2,1-4H3,(H,15,16). The van der Waals surface area contributed by atoms with Gasteiger partial charge in [0.1, 0.15) is 11.5 Å². The molecule has 2 unspecified atom stereocenters. The quantitative estimate of drug-likeness (QED) is 0.832. The van der Waals surface area contributed by atoms with Gasteiger partial charge in [-0.25, -0.2) is 0 Å². The van der Waals surface area contributed by atoms with Crippen molar-refractivity contribution in [3.8, 4) is 0 Å². The molecule has 0 aromatic carbocycles. The molecule has 0 saturated carbocycles. The Labute approximate surface area is 113 Å². The molecule has 1 amide bonds. The molecule has 18 heavy (non-hydrogen) atoms. The van der Waals surface area contributed by atoms with Crippen molar-refractivity contribution >= 4 is 17.7 Å². The molecule has 1 rings (SSSR count). The van der Waals surface area contributed by atoms with Crippen molar-refractivity contribution in [1.82, 2.24) is 5.32 Å². The maximum atomic E-state index is 11.6. The van der Waals surface area contributed by atoms with Crippen LogP contribution in [0.2, 0.25) is 0 Å². The first-order valence-electron chi connectivity index (χ1n) is 6.13. The number of hydrogen-bond donors (Lipinski definition) is 2. The molecule has 0 spiro atoms. The molecule has 0 fully saturated rings. The maximum Gasteiger partial charge on any atom is 0.230 e. The number of rotatable bonds is 6. The maximum absolute atomic E-state index is 11.6. The minimum Gasteiger partial charge on any atom is -0.465 e. The minimum atomic E-state index is -0.0626. The van der Waals surface area contributed by atoms with Gasteiger partial charge in [0.05, 0.1) is 11.0 Å². The molecule has 0 bridgehead atoms. The van der Waals surface area contributed by atoms with Crippen LogP contribution < -0.4 is 11.1 Å². The number of nitrogens with two attached hydrogens (primary N) is 1. The van der Waals surface area contributed by atoms with E-state index in [1.807, 2.05) is 39.8 Å². The second-order valence-corrected chi connectivity index (χ2v) is 5.89. The van der Waals surface area contributed by atoms with E-state index in [-0.39, 0.29) is 23.2 Å². The van der Waals surface area contributed by atoms with E-state index in [0.29, 0.717) is 5.75 Å². The van der Waals surface area contributed by atoms with Crippen LogP contribution in [-0.4, -0.2) is 23.7 Å². The summed E-state index contributed by atoms with van der Waals surface area (Å²) in [6, 6.07) is 3.95. The van der Waals surface area contributed by atoms with Gasteiger partial charge in [0.25, 0.3) is 0 Å². The van der Waals surface area contributed by atoms with E-state index in [9.17, 15) is 4.79 Å². The Morgan fingerprint density at radius 1 is 1.44 bits per heavy atom. The lowest BCUT2D eigenvalue weighted by Gasteiger charge is -2.18. The molecular formula is C13H22N2O2S. The third kappa shape index (κ3) is 4.74. The van der Waals surface area contributed by atoms with Gasteiger partial charge in [0.15, 0.2) is 0 Å². The minimum absolute atomic E-state index is 0.0108. The summed E-state index contributed by atoms with van der Waals surface area (Å²) in [7, 11) is 0. The van der Waals surface area contributed by atoms with E-state index < -0.39 is 0 Å². The SMILES string of the molecule is Cc1ccc(C(SCC(=O)NC(C)C)C(C)N)o1. The van der Waals surface area contributed by atoms with E-state index in [4.69, 9.17) is 10.2 Å². The third-order valence-corrected chi connectivity index (χ3v) is 3.81. The first kappa shape index (κ1) is 15.1. The van der Waals surface area contributed by atoms with Crippen molar-refractivity contribution < 1.29 is 9.21 Å². The summed E-state index contributed by atoms with van der Waals surface area (Å²) in [5, 5.41) is 2.87. The van der Waals surface area contributed by atoms with Gasteiger partial charge in [-0.2, -0.15) is 0 Å². The Kier molecular flexibility index (Phi) is 5.75. The highest BCUT2D eigenvalue weighted by Gasteiger charge is 2.21. The van der Waals surface area contributed by atoms with Crippen LogP contribution in [0.3, 0.4) is 0 Å². The molecular weight excluding hydrogens is 248 g/mol. The monoisotopic (exact) mass is 270 g/mol. The van der Waals surface area contributed by atoms with Gasteiger partial charge in [-0.1, -0.05) is 0 Å². The second kappa shape index (κ2) is 6.85. The number of carbonyl (C=O) groups excluding carboxylic acids is 1. The van der Waals surface area contributed by atoms with E-state index in [1.54, 1.807) is 0 Å². The van der Waals surface area contributed by atoms with Gasteiger partial charge in [-0.3, -0.25) is 4.79 Å². The van der Waals surface area contributed by atoms with Crippen LogP contribution in [0.15, 0.2) is 16.5 Å². The fraction of sp³-hybridized carbons (Fsp3) is 0.615. The number of aryl methyl sites for hydroxylation is 1. The predicted octanol–water partition coefficient (Wildman–Crippen LogP) is 2.23. The van der Waals surface area contributed by atoms with Crippen LogP contribution in [-0.2, 0) is 4.79 Å². The molecule has 0 aliphatic heterocycles. The van der Waals surface area contributed by atoms with Crippen LogP contribution in [0.1, 0.15) is 37.5 Å². The lowest BCUT2D eigenvalue weighted by Crippen LogP contribution is -2.32. The Hall–Kier alpha value is -0.940. The molecule has 3 N–H and O–H groups in total. The van der Waals surface area contributed by atoms with Crippen molar-refractivity contribution in [3.05, 3.63) is 23.7 Å². The first-order valence-corrected chi connectivity index (χ1v) is 7.18. The van der Waals surface area contributed by atoms with Crippen molar-refractivity contribution in [1.29, 1.82) is 0 Å². The topological polar surface area (TPSA) is 68.3 Å². The summed E-state index contributed by atoms with van der Waals surface area (Å²) >= 11 is 1.52. The highest BCUT2D eigenvalue weighted by Crippen LogP contribution is 2.32. The summed E-state index contributed by atoms with van der Waals surface area (Å²) in [4.78, 5) is 11.6. The van der Waals surface area contributed by atoms with Gasteiger partial charge in [0.2, 0.25) is 5.91 Å². The van der Waals surface area contributed by atoms with Crippen LogP contribution in [0.5, 0.6) is 0 Å². The molecule has 0 aliphatic rings. The number of carbonyl (C=O) groups is 1. The van der Waals surface area contributed by atoms with Gasteiger partial charge in [-0.15, -0.1) is 11.8 Å². The zero-order valence-corrected chi connectivity index (χ0v) is 12.2. The van der Waals surface area contributed by atoms with Crippen molar-refractivity contribution in [2.24, 2.45) is 5.73 Å². The predicted molar refractivity (Wildman–Crippen MR) is 75.6 cm³/mol. The second-order valence-electron chi connectivity index (χ2n) is 4.76. The normalized spacial score (nSPS) is 14.6. The Bertz CT molecular complexity index is 388. The molecule has 1 heterocycles. The van der Waals surface area contributed by atoms with E-state index in [0.717, 1.165) is 11.5 Å². The number of amides is 1. The highest BCUT2D eigenvalue weighted by molar-refractivity contribution is 8.00. The Morgan fingerprint density at radius 2 is 2.11 bits per heavy atom. The fourth-order valence-electron chi connectivity index (χ4n) is 1.63. The largest absolute Gasteiger partial charge is 0.465 e. The molecule has 0 saturated heterocycles. The number of furan rings is 1. The smallest absolute Gasteiger partial charge is 0.230 e. The molecule has 0 radical (unpaired) electrons. The highest BCUT2D eigenvalue weighted by atomic mass is 32.2. The number of thioether (sulfide) groups is 1. The molecule has 2 atom stereocenters. The number of hydrogen-bond acceptors (Lipinski definition) is 4. The van der Waals surface area contributed by atoms with Crippen molar-refractivity contribution in [3.63, 3.8) is 0 Å². The van der Waals surface area contributed by atoms with Crippen LogP contribution >= 0.6 is 11.8 Å². The summed E-state index contributed by atoms with van der Waals surface area (Å²) in [6.45, 7) is 7.72. The average molecular weight is 270 g/mol. The van der Waals surface area contributed by atoms with E-state index >= 15 is 0 Å². The summed E-state index contributed by atoms with van der Waals surface area (Å²) in [5.74, 6) is 2.13. The van der Waals surface area contributed by atoms with Gasteiger partial charge >= 0.3 is 0 Å². The third-order valence-electron chi connectivity index (χ3n) is 2.36. The molecule has 1 aromatic heterocycles. The Balaban J connectivity index is 2.57. The Morgan fingerprint density at radius 3 is 2.56 bits per heavy atom. The molecule has 1 aromatic rings. The zero-order chi connectivity index (χ0) is 13.7. The first-order chi connectivity index (χ1) is 8.40. The molecule has 5 heteroatoms. The molecule has 0 aliphatic carbocycles. The van der Waals surface area contributed by atoms with Crippen LogP contribution in [0.4, 0.5) is 0 Å². The zero-order valence-electron chi connectivity index (χ0n) is 11.4. The lowest BCUT2D eigenvalue weighted by atomic mass is 10.2. The molecule has 4 nitrogen and oxygen atoms in total. The van der Waals surface area contributed by atoms with E-state index in [2.05, 4.69) is 5.32 Å². The van der Waals surface area contributed by atoms with Gasteiger partial charge < -0.3 is 15.5 Å². The number of nitrogens with one attached hydrogen (secondary N) is 1. The van der Waals surface area contributed by atoms with Crippen LogP contribution in [0.25, 0.3) is 0 Å². The van der Waals surface area contributed by atoms with Crippen LogP contribution in [0, 0.1) is 6.92 Å². The average Bonchev–Trinajstić information content (AvgIpc) is 2.63. The van der Waals surface area contributed by atoms with Crippen molar-refractivity contribution in [2.75, 3.05) is 5.75 Å². The lowest BCUT2D eigenvalue weighted by molar-refractivity contribution is -0.119. The summed E-state index contributed by atoms with van der Waals surface area (Å²) in [6.07, 6.45) is 0. The van der Waals surface area contributed by atoms with E-state index in [1.165, 1.54) is 11.8 Å².